The third-order valence-electron chi connectivity index (χ3n) is 2.01. The lowest BCUT2D eigenvalue weighted by Crippen LogP contribution is -2.42. The van der Waals surface area contributed by atoms with Crippen molar-refractivity contribution in [2.24, 2.45) is 0 Å². The molecule has 7 nitrogen and oxygen atoms in total. The summed E-state index contributed by atoms with van der Waals surface area (Å²) in [4.78, 5) is 23.5. The van der Waals surface area contributed by atoms with Crippen LogP contribution in [0.1, 0.15) is 19.1 Å². The largest absolute Gasteiger partial charge is 0.480 e. The van der Waals surface area contributed by atoms with Crippen LogP contribution < -0.4 is 5.32 Å². The van der Waals surface area contributed by atoms with Crippen molar-refractivity contribution >= 4 is 12.0 Å². The van der Waals surface area contributed by atoms with E-state index in [0.717, 1.165) is 0 Å². The second-order valence-electron chi connectivity index (χ2n) is 3.45. The van der Waals surface area contributed by atoms with Crippen molar-refractivity contribution in [3.63, 3.8) is 0 Å². The zero-order valence-electron chi connectivity index (χ0n) is 9.55. The summed E-state index contributed by atoms with van der Waals surface area (Å²) >= 11 is 0. The summed E-state index contributed by atoms with van der Waals surface area (Å²) < 4.78 is 4.81. The number of carbonyl (C=O) groups is 2. The highest BCUT2D eigenvalue weighted by atomic mass is 16.5. The van der Waals surface area contributed by atoms with Gasteiger partial charge in [-0.15, -0.1) is 0 Å². The van der Waals surface area contributed by atoms with Crippen LogP contribution in [-0.2, 0) is 11.3 Å². The molecule has 0 radical (unpaired) electrons. The first kappa shape index (κ1) is 13.0. The molecule has 0 spiro atoms. The Bertz CT molecular complexity index is 364. The summed E-state index contributed by atoms with van der Waals surface area (Å²) in [6.45, 7) is 2.15. The summed E-state index contributed by atoms with van der Waals surface area (Å²) in [5.41, 5.74) is 0. The van der Waals surface area contributed by atoms with Gasteiger partial charge in [0.25, 0.3) is 0 Å². The Kier molecular flexibility index (Phi) is 4.99. The molecule has 0 unspecified atom stereocenters. The molecule has 0 bridgehead atoms. The summed E-state index contributed by atoms with van der Waals surface area (Å²) in [6.07, 6.45) is 2.17. The van der Waals surface area contributed by atoms with E-state index in [1.165, 1.54) is 11.1 Å². The van der Waals surface area contributed by atoms with Gasteiger partial charge in [-0.2, -0.15) is 0 Å². The van der Waals surface area contributed by atoms with Crippen molar-refractivity contribution < 1.29 is 19.2 Å². The van der Waals surface area contributed by atoms with E-state index >= 15 is 0 Å². The molecule has 17 heavy (non-hydrogen) atoms. The Labute approximate surface area is 98.4 Å². The predicted molar refractivity (Wildman–Crippen MR) is 58.2 cm³/mol. The van der Waals surface area contributed by atoms with Gasteiger partial charge >= 0.3 is 12.0 Å². The molecule has 0 fully saturated rings. The van der Waals surface area contributed by atoms with Gasteiger partial charge in [0.2, 0.25) is 0 Å². The van der Waals surface area contributed by atoms with Gasteiger partial charge in [-0.25, -0.2) is 4.79 Å². The van der Waals surface area contributed by atoms with Crippen LogP contribution in [0, 0.1) is 0 Å². The van der Waals surface area contributed by atoms with Gasteiger partial charge in [0.1, 0.15) is 6.54 Å². The minimum atomic E-state index is -1.03. The van der Waals surface area contributed by atoms with E-state index < -0.39 is 12.0 Å². The van der Waals surface area contributed by atoms with Crippen LogP contribution in [0.25, 0.3) is 0 Å². The Morgan fingerprint density at radius 3 is 2.88 bits per heavy atom. The number of aliphatic carboxylic acids is 1. The van der Waals surface area contributed by atoms with Crippen molar-refractivity contribution in [2.45, 2.75) is 19.9 Å². The molecule has 0 saturated heterocycles. The number of aromatic nitrogens is 1. The normalized spacial score (nSPS) is 9.94. The monoisotopic (exact) mass is 241 g/mol. The van der Waals surface area contributed by atoms with Crippen molar-refractivity contribution in [1.82, 2.24) is 15.4 Å². The van der Waals surface area contributed by atoms with Crippen LogP contribution in [0.2, 0.25) is 0 Å². The van der Waals surface area contributed by atoms with E-state index in [1.807, 2.05) is 6.92 Å². The SMILES string of the molecule is CCCN(CC(=O)O)C(=O)NCc1ccno1. The van der Waals surface area contributed by atoms with E-state index in [9.17, 15) is 9.59 Å². The fraction of sp³-hybridized carbons (Fsp3) is 0.500. The smallest absolute Gasteiger partial charge is 0.323 e. The first-order valence-corrected chi connectivity index (χ1v) is 5.27. The third kappa shape index (κ3) is 4.54. The number of nitrogens with one attached hydrogen (secondary N) is 1. The summed E-state index contributed by atoms with van der Waals surface area (Å²) in [7, 11) is 0. The molecular formula is C10H15N3O4. The highest BCUT2D eigenvalue weighted by Gasteiger charge is 2.15. The lowest BCUT2D eigenvalue weighted by molar-refractivity contribution is -0.137. The van der Waals surface area contributed by atoms with Crippen LogP contribution in [0.4, 0.5) is 4.79 Å². The molecule has 2 N–H and O–H groups in total. The van der Waals surface area contributed by atoms with Crippen molar-refractivity contribution in [3.05, 3.63) is 18.0 Å². The molecule has 94 valence electrons. The molecule has 0 aromatic carbocycles. The highest BCUT2D eigenvalue weighted by molar-refractivity contribution is 5.79. The number of amides is 2. The predicted octanol–water partition coefficient (Wildman–Crippen LogP) is 0.681. The standard InChI is InChI=1S/C10H15N3O4/c1-2-5-13(7-9(14)15)10(16)11-6-8-3-4-12-17-8/h3-4H,2,5-7H2,1H3,(H,11,16)(H,14,15). The molecular weight excluding hydrogens is 226 g/mol. The van der Waals surface area contributed by atoms with Gasteiger partial charge < -0.3 is 19.8 Å². The number of urea groups is 1. The molecule has 0 aliphatic carbocycles. The van der Waals surface area contributed by atoms with Crippen LogP contribution >= 0.6 is 0 Å². The van der Waals surface area contributed by atoms with E-state index in [-0.39, 0.29) is 13.1 Å². The minimum Gasteiger partial charge on any atom is -0.480 e. The summed E-state index contributed by atoms with van der Waals surface area (Å²) in [5, 5.41) is 14.7. The quantitative estimate of drug-likeness (QED) is 0.763. The van der Waals surface area contributed by atoms with Crippen molar-refractivity contribution in [3.8, 4) is 0 Å². The molecule has 1 rings (SSSR count). The molecule has 2 amide bonds. The fourth-order valence-electron chi connectivity index (χ4n) is 1.29. The van der Waals surface area contributed by atoms with Crippen molar-refractivity contribution in [1.29, 1.82) is 0 Å². The Morgan fingerprint density at radius 2 is 2.35 bits per heavy atom. The van der Waals surface area contributed by atoms with Crippen molar-refractivity contribution in [2.75, 3.05) is 13.1 Å². The molecule has 0 atom stereocenters. The molecule has 0 aliphatic heterocycles. The van der Waals surface area contributed by atoms with Gasteiger partial charge in [-0.05, 0) is 6.42 Å². The fourth-order valence-corrected chi connectivity index (χ4v) is 1.29. The van der Waals surface area contributed by atoms with E-state index in [0.29, 0.717) is 18.7 Å². The van der Waals surface area contributed by atoms with E-state index in [4.69, 9.17) is 9.63 Å². The van der Waals surface area contributed by atoms with Crippen LogP contribution in [0.3, 0.4) is 0 Å². The second kappa shape index (κ2) is 6.51. The minimum absolute atomic E-state index is 0.193. The number of carboxylic acid groups (broad SMARTS) is 1. The molecule has 1 heterocycles. The molecule has 1 aromatic rings. The molecule has 7 heteroatoms. The van der Waals surface area contributed by atoms with Gasteiger partial charge in [0.05, 0.1) is 12.7 Å². The first-order valence-electron chi connectivity index (χ1n) is 5.27. The zero-order valence-corrected chi connectivity index (χ0v) is 9.55. The number of hydrogen-bond acceptors (Lipinski definition) is 4. The maximum Gasteiger partial charge on any atom is 0.323 e. The Balaban J connectivity index is 2.44. The number of hydrogen-bond donors (Lipinski definition) is 2. The average molecular weight is 241 g/mol. The average Bonchev–Trinajstić information content (AvgIpc) is 2.77. The van der Waals surface area contributed by atoms with Gasteiger partial charge in [-0.1, -0.05) is 12.1 Å². The van der Waals surface area contributed by atoms with Gasteiger partial charge in [-0.3, -0.25) is 4.79 Å². The zero-order chi connectivity index (χ0) is 12.7. The number of carbonyl (C=O) groups excluding carboxylic acids is 1. The van der Waals surface area contributed by atoms with Gasteiger partial charge in [0.15, 0.2) is 5.76 Å². The Morgan fingerprint density at radius 1 is 1.59 bits per heavy atom. The summed E-state index contributed by atoms with van der Waals surface area (Å²) in [5.74, 6) is -0.515. The third-order valence-corrected chi connectivity index (χ3v) is 2.01. The van der Waals surface area contributed by atoms with Gasteiger partial charge in [0, 0.05) is 12.6 Å². The van der Waals surface area contributed by atoms with Crippen LogP contribution in [0.5, 0.6) is 0 Å². The lowest BCUT2D eigenvalue weighted by Gasteiger charge is -2.19. The topological polar surface area (TPSA) is 95.7 Å². The maximum atomic E-state index is 11.7. The molecule has 0 saturated carbocycles. The second-order valence-corrected chi connectivity index (χ2v) is 3.45. The molecule has 1 aromatic heterocycles. The Hall–Kier alpha value is -2.05. The van der Waals surface area contributed by atoms with Crippen LogP contribution in [-0.4, -0.2) is 40.3 Å². The number of carboxylic acids is 1. The van der Waals surface area contributed by atoms with E-state index in [1.54, 1.807) is 6.07 Å². The number of rotatable bonds is 6. The van der Waals surface area contributed by atoms with Crippen LogP contribution in [0.15, 0.2) is 16.8 Å². The summed E-state index contributed by atoms with van der Waals surface area (Å²) in [6, 6.07) is 1.20. The van der Waals surface area contributed by atoms with E-state index in [2.05, 4.69) is 10.5 Å². The number of nitrogens with zero attached hydrogens (tertiary/aromatic N) is 2. The maximum absolute atomic E-state index is 11.7. The lowest BCUT2D eigenvalue weighted by atomic mass is 10.4. The first-order chi connectivity index (χ1) is 8.13. The highest BCUT2D eigenvalue weighted by Crippen LogP contribution is 1.97. The molecule has 0 aliphatic rings.